The fourth-order valence-electron chi connectivity index (χ4n) is 2.18. The Morgan fingerprint density at radius 1 is 1.00 bits per heavy atom. The Kier molecular flexibility index (Phi) is 4.29. The molecule has 1 unspecified atom stereocenters. The molecule has 3 rings (SSSR count). The molecule has 0 saturated carbocycles. The first-order valence-electron chi connectivity index (χ1n) is 6.95. The first-order chi connectivity index (χ1) is 11.3. The summed E-state index contributed by atoms with van der Waals surface area (Å²) in [6, 6.07) is 11.1. The molecule has 0 radical (unpaired) electrons. The molecule has 1 atom stereocenters. The van der Waals surface area contributed by atoms with E-state index in [0.29, 0.717) is 16.4 Å². The second kappa shape index (κ2) is 6.26. The minimum atomic E-state index is -4.38. The van der Waals surface area contributed by atoms with Crippen LogP contribution in [0.15, 0.2) is 48.5 Å². The molecular formula is C16H12ClF3N4. The molecule has 4 nitrogen and oxygen atoms in total. The van der Waals surface area contributed by atoms with Gasteiger partial charge in [-0.2, -0.15) is 18.3 Å². The molecule has 0 aliphatic rings. The van der Waals surface area contributed by atoms with E-state index in [-0.39, 0.29) is 5.82 Å². The van der Waals surface area contributed by atoms with Gasteiger partial charge in [-0.25, -0.2) is 4.98 Å². The standard InChI is InChI=1S/C16H12ClF3N4/c17-12-7-3-9(4-8-12)13(21)15-22-14(23-24-15)10-1-5-11(6-2-10)16(18,19)20/h1-8,13H,21H2,(H,22,23,24). The van der Waals surface area contributed by atoms with Crippen LogP contribution in [0, 0.1) is 0 Å². The van der Waals surface area contributed by atoms with Crippen LogP contribution in [0.2, 0.25) is 5.02 Å². The summed E-state index contributed by atoms with van der Waals surface area (Å²) in [7, 11) is 0. The maximum absolute atomic E-state index is 12.6. The van der Waals surface area contributed by atoms with Gasteiger partial charge in [0.05, 0.1) is 11.6 Å². The van der Waals surface area contributed by atoms with Crippen LogP contribution < -0.4 is 5.73 Å². The molecule has 0 spiro atoms. The van der Waals surface area contributed by atoms with E-state index >= 15 is 0 Å². The number of benzene rings is 2. The zero-order valence-electron chi connectivity index (χ0n) is 12.2. The van der Waals surface area contributed by atoms with E-state index < -0.39 is 17.8 Å². The monoisotopic (exact) mass is 352 g/mol. The van der Waals surface area contributed by atoms with Gasteiger partial charge in [0.1, 0.15) is 5.82 Å². The number of aromatic amines is 1. The topological polar surface area (TPSA) is 67.6 Å². The summed E-state index contributed by atoms with van der Waals surface area (Å²) in [6.07, 6.45) is -4.38. The number of nitrogens with zero attached hydrogens (tertiary/aromatic N) is 2. The van der Waals surface area contributed by atoms with Crippen LogP contribution in [-0.2, 0) is 6.18 Å². The molecule has 2 aromatic carbocycles. The van der Waals surface area contributed by atoms with Crippen LogP contribution in [0.5, 0.6) is 0 Å². The number of H-pyrrole nitrogens is 1. The number of halogens is 4. The Morgan fingerprint density at radius 2 is 1.62 bits per heavy atom. The molecule has 8 heteroatoms. The van der Waals surface area contributed by atoms with Crippen LogP contribution >= 0.6 is 11.6 Å². The number of hydrogen-bond acceptors (Lipinski definition) is 3. The van der Waals surface area contributed by atoms with E-state index in [4.69, 9.17) is 17.3 Å². The molecule has 0 bridgehead atoms. The lowest BCUT2D eigenvalue weighted by atomic mass is 10.1. The van der Waals surface area contributed by atoms with Gasteiger partial charge in [0.25, 0.3) is 0 Å². The second-order valence-electron chi connectivity index (χ2n) is 5.15. The summed E-state index contributed by atoms with van der Waals surface area (Å²) in [5, 5.41) is 7.33. The summed E-state index contributed by atoms with van der Waals surface area (Å²) in [6.45, 7) is 0. The predicted molar refractivity (Wildman–Crippen MR) is 84.3 cm³/mol. The number of hydrogen-bond donors (Lipinski definition) is 2. The van der Waals surface area contributed by atoms with E-state index in [0.717, 1.165) is 17.7 Å². The number of alkyl halides is 3. The Bertz CT molecular complexity index is 826. The second-order valence-corrected chi connectivity index (χ2v) is 5.59. The lowest BCUT2D eigenvalue weighted by molar-refractivity contribution is -0.137. The molecular weight excluding hydrogens is 341 g/mol. The third-order valence-corrected chi connectivity index (χ3v) is 3.75. The Balaban J connectivity index is 1.83. The average molecular weight is 353 g/mol. The molecule has 124 valence electrons. The molecule has 0 aliphatic carbocycles. The fraction of sp³-hybridized carbons (Fsp3) is 0.125. The van der Waals surface area contributed by atoms with Crippen molar-refractivity contribution in [2.24, 2.45) is 5.73 Å². The molecule has 24 heavy (non-hydrogen) atoms. The van der Waals surface area contributed by atoms with Crippen LogP contribution in [0.1, 0.15) is 23.0 Å². The van der Waals surface area contributed by atoms with Gasteiger partial charge >= 0.3 is 6.18 Å². The maximum Gasteiger partial charge on any atom is 0.416 e. The predicted octanol–water partition coefficient (Wildman–Crippen LogP) is 4.19. The van der Waals surface area contributed by atoms with Crippen molar-refractivity contribution in [2.75, 3.05) is 0 Å². The molecule has 1 heterocycles. The van der Waals surface area contributed by atoms with Crippen molar-refractivity contribution in [2.45, 2.75) is 12.2 Å². The molecule has 0 saturated heterocycles. The Morgan fingerprint density at radius 3 is 2.21 bits per heavy atom. The highest BCUT2D eigenvalue weighted by Gasteiger charge is 2.30. The minimum absolute atomic E-state index is 0.281. The molecule has 1 aromatic heterocycles. The first-order valence-corrected chi connectivity index (χ1v) is 7.33. The molecule has 0 aliphatic heterocycles. The normalized spacial score (nSPS) is 13.0. The van der Waals surface area contributed by atoms with Crippen LogP contribution in [0.3, 0.4) is 0 Å². The van der Waals surface area contributed by atoms with Gasteiger partial charge in [-0.15, -0.1) is 0 Å². The maximum atomic E-state index is 12.6. The Labute approximate surface area is 140 Å². The van der Waals surface area contributed by atoms with Crippen LogP contribution in [0.25, 0.3) is 11.4 Å². The fourth-order valence-corrected chi connectivity index (χ4v) is 2.30. The van der Waals surface area contributed by atoms with Gasteiger partial charge in [-0.3, -0.25) is 5.10 Å². The van der Waals surface area contributed by atoms with E-state index in [1.165, 1.54) is 12.1 Å². The summed E-state index contributed by atoms with van der Waals surface area (Å²) in [5.74, 6) is 0.690. The van der Waals surface area contributed by atoms with Crippen LogP contribution in [-0.4, -0.2) is 15.2 Å². The number of nitrogens with two attached hydrogens (primary N) is 1. The zero-order valence-corrected chi connectivity index (χ0v) is 12.9. The highest BCUT2D eigenvalue weighted by Crippen LogP contribution is 2.30. The van der Waals surface area contributed by atoms with Gasteiger partial charge < -0.3 is 5.73 Å². The van der Waals surface area contributed by atoms with E-state index in [2.05, 4.69) is 15.2 Å². The van der Waals surface area contributed by atoms with Crippen molar-refractivity contribution in [1.29, 1.82) is 0 Å². The average Bonchev–Trinajstić information content (AvgIpc) is 3.04. The molecule has 3 aromatic rings. The summed E-state index contributed by atoms with van der Waals surface area (Å²) >= 11 is 5.83. The van der Waals surface area contributed by atoms with Crippen molar-refractivity contribution in [1.82, 2.24) is 15.2 Å². The van der Waals surface area contributed by atoms with Crippen molar-refractivity contribution in [3.63, 3.8) is 0 Å². The molecule has 3 N–H and O–H groups in total. The van der Waals surface area contributed by atoms with Gasteiger partial charge in [-0.1, -0.05) is 35.9 Å². The molecule has 0 fully saturated rings. The lowest BCUT2D eigenvalue weighted by Crippen LogP contribution is -2.13. The SMILES string of the molecule is NC(c1ccc(Cl)cc1)c1nc(-c2ccc(C(F)(F)F)cc2)n[nH]1. The van der Waals surface area contributed by atoms with Crippen LogP contribution in [0.4, 0.5) is 13.2 Å². The lowest BCUT2D eigenvalue weighted by Gasteiger charge is -2.08. The highest BCUT2D eigenvalue weighted by molar-refractivity contribution is 6.30. The summed E-state index contributed by atoms with van der Waals surface area (Å²) in [4.78, 5) is 4.27. The molecule has 0 amide bonds. The van der Waals surface area contributed by atoms with Crippen molar-refractivity contribution in [3.8, 4) is 11.4 Å². The summed E-state index contributed by atoms with van der Waals surface area (Å²) in [5.41, 5.74) is 6.64. The van der Waals surface area contributed by atoms with Crippen molar-refractivity contribution >= 4 is 11.6 Å². The van der Waals surface area contributed by atoms with E-state index in [1.54, 1.807) is 24.3 Å². The first kappa shape index (κ1) is 16.5. The van der Waals surface area contributed by atoms with Crippen molar-refractivity contribution in [3.05, 3.63) is 70.5 Å². The van der Waals surface area contributed by atoms with Gasteiger partial charge in [-0.05, 0) is 29.8 Å². The number of aromatic nitrogens is 3. The van der Waals surface area contributed by atoms with E-state index in [1.807, 2.05) is 0 Å². The highest BCUT2D eigenvalue weighted by atomic mass is 35.5. The zero-order chi connectivity index (χ0) is 17.3. The van der Waals surface area contributed by atoms with Gasteiger partial charge in [0, 0.05) is 10.6 Å². The summed E-state index contributed by atoms with van der Waals surface area (Å²) < 4.78 is 37.8. The Hall–Kier alpha value is -2.38. The van der Waals surface area contributed by atoms with E-state index in [9.17, 15) is 13.2 Å². The smallest absolute Gasteiger partial charge is 0.318 e. The quantitative estimate of drug-likeness (QED) is 0.742. The third kappa shape index (κ3) is 3.42. The third-order valence-electron chi connectivity index (χ3n) is 3.50. The number of rotatable bonds is 3. The number of nitrogens with one attached hydrogen (secondary N) is 1. The van der Waals surface area contributed by atoms with Gasteiger partial charge in [0.15, 0.2) is 5.82 Å². The minimum Gasteiger partial charge on any atom is -0.318 e. The largest absolute Gasteiger partial charge is 0.416 e. The van der Waals surface area contributed by atoms with Gasteiger partial charge in [0.2, 0.25) is 0 Å². The van der Waals surface area contributed by atoms with Crippen molar-refractivity contribution < 1.29 is 13.2 Å².